The highest BCUT2D eigenvalue weighted by molar-refractivity contribution is 6.07. The summed E-state index contributed by atoms with van der Waals surface area (Å²) >= 11 is 0. The van der Waals surface area contributed by atoms with Gasteiger partial charge in [0.15, 0.2) is 23.0 Å². The van der Waals surface area contributed by atoms with Crippen LogP contribution >= 0.6 is 0 Å². The van der Waals surface area contributed by atoms with E-state index < -0.39 is 5.91 Å². The average molecular weight is 333 g/mol. The molecule has 0 unspecified atom stereocenters. The highest BCUT2D eigenvalue weighted by Gasteiger charge is 2.21. The van der Waals surface area contributed by atoms with Crippen molar-refractivity contribution in [3.05, 3.63) is 35.9 Å². The van der Waals surface area contributed by atoms with Crippen molar-refractivity contribution in [2.45, 2.75) is 0 Å². The summed E-state index contributed by atoms with van der Waals surface area (Å²) in [5.41, 5.74) is 0.681. The van der Waals surface area contributed by atoms with E-state index in [0.717, 1.165) is 0 Å². The van der Waals surface area contributed by atoms with Crippen LogP contribution < -0.4 is 24.3 Å². The molecule has 0 aliphatic heterocycles. The molecule has 0 saturated heterocycles. The zero-order valence-corrected chi connectivity index (χ0v) is 13.9. The predicted octanol–water partition coefficient (Wildman–Crippen LogP) is 2.68. The van der Waals surface area contributed by atoms with E-state index in [0.29, 0.717) is 22.9 Å². The van der Waals surface area contributed by atoms with E-state index in [2.05, 4.69) is 5.32 Å². The molecule has 0 saturated carbocycles. The number of phenolic OH excluding ortho intramolecular Hbond substituents is 1. The molecule has 0 bridgehead atoms. The number of carbonyl (C=O) groups is 1. The number of methoxy groups -OCH3 is 4. The first-order valence-corrected chi connectivity index (χ1v) is 7.03. The molecule has 7 heteroatoms. The van der Waals surface area contributed by atoms with Crippen LogP contribution in [-0.2, 0) is 0 Å². The van der Waals surface area contributed by atoms with Crippen molar-refractivity contribution in [3.8, 4) is 28.7 Å². The third kappa shape index (κ3) is 3.29. The van der Waals surface area contributed by atoms with Crippen LogP contribution in [0.5, 0.6) is 28.7 Å². The maximum absolute atomic E-state index is 12.5. The standard InChI is InChI=1S/C17H19NO6/c1-21-13-7-5-10(9-12(13)19)18-17(20)11-6-8-14(22-2)16(24-4)15(11)23-3/h5-9,19H,1-4H3,(H,18,20). The number of anilines is 1. The van der Waals surface area contributed by atoms with Gasteiger partial charge in [-0.05, 0) is 24.3 Å². The molecule has 2 aromatic rings. The van der Waals surface area contributed by atoms with Crippen molar-refractivity contribution < 1.29 is 28.8 Å². The Hall–Kier alpha value is -3.09. The lowest BCUT2D eigenvalue weighted by molar-refractivity contribution is 0.102. The topological polar surface area (TPSA) is 86.3 Å². The smallest absolute Gasteiger partial charge is 0.259 e. The third-order valence-corrected chi connectivity index (χ3v) is 3.39. The lowest BCUT2D eigenvalue weighted by atomic mass is 10.1. The van der Waals surface area contributed by atoms with E-state index in [1.165, 1.54) is 34.5 Å². The number of rotatable bonds is 6. The van der Waals surface area contributed by atoms with Crippen molar-refractivity contribution in [2.75, 3.05) is 33.8 Å². The van der Waals surface area contributed by atoms with Crippen molar-refractivity contribution in [3.63, 3.8) is 0 Å². The van der Waals surface area contributed by atoms with Crippen LogP contribution in [0.3, 0.4) is 0 Å². The van der Waals surface area contributed by atoms with Gasteiger partial charge < -0.3 is 29.4 Å². The largest absolute Gasteiger partial charge is 0.504 e. The summed E-state index contributed by atoms with van der Waals surface area (Å²) in [6.07, 6.45) is 0. The molecule has 2 rings (SSSR count). The Bertz CT molecular complexity index is 744. The van der Waals surface area contributed by atoms with Crippen molar-refractivity contribution in [2.24, 2.45) is 0 Å². The molecule has 2 N–H and O–H groups in total. The Morgan fingerprint density at radius 2 is 1.50 bits per heavy atom. The Morgan fingerprint density at radius 1 is 0.875 bits per heavy atom. The van der Waals surface area contributed by atoms with E-state index in [-0.39, 0.29) is 17.1 Å². The summed E-state index contributed by atoms with van der Waals surface area (Å²) in [7, 11) is 5.84. The monoisotopic (exact) mass is 333 g/mol. The summed E-state index contributed by atoms with van der Waals surface area (Å²) in [4.78, 5) is 12.5. The first kappa shape index (κ1) is 17.3. The number of benzene rings is 2. The summed E-state index contributed by atoms with van der Waals surface area (Å²) in [6.45, 7) is 0. The minimum absolute atomic E-state index is 0.0745. The van der Waals surface area contributed by atoms with Gasteiger partial charge in [0.1, 0.15) is 0 Å². The molecule has 128 valence electrons. The molecular formula is C17H19NO6. The SMILES string of the molecule is COc1ccc(NC(=O)c2ccc(OC)c(OC)c2OC)cc1O. The number of amides is 1. The molecule has 0 atom stereocenters. The van der Waals surface area contributed by atoms with Crippen LogP contribution in [-0.4, -0.2) is 39.5 Å². The van der Waals surface area contributed by atoms with E-state index in [1.54, 1.807) is 24.3 Å². The molecule has 0 aliphatic rings. The van der Waals surface area contributed by atoms with Crippen molar-refractivity contribution in [1.82, 2.24) is 0 Å². The number of ether oxygens (including phenoxy) is 4. The predicted molar refractivity (Wildman–Crippen MR) is 88.7 cm³/mol. The summed E-state index contributed by atoms with van der Waals surface area (Å²) < 4.78 is 20.7. The van der Waals surface area contributed by atoms with Crippen LogP contribution in [0.15, 0.2) is 30.3 Å². The maximum Gasteiger partial charge on any atom is 0.259 e. The van der Waals surface area contributed by atoms with Crippen LogP contribution in [0.25, 0.3) is 0 Å². The van der Waals surface area contributed by atoms with Gasteiger partial charge in [-0.1, -0.05) is 0 Å². The van der Waals surface area contributed by atoms with Crippen LogP contribution in [0.2, 0.25) is 0 Å². The van der Waals surface area contributed by atoms with Crippen molar-refractivity contribution in [1.29, 1.82) is 0 Å². The number of phenols is 1. The molecule has 0 fully saturated rings. The molecule has 7 nitrogen and oxygen atoms in total. The van der Waals surface area contributed by atoms with Gasteiger partial charge in [-0.25, -0.2) is 0 Å². The number of hydrogen-bond acceptors (Lipinski definition) is 6. The Morgan fingerprint density at radius 3 is 2.04 bits per heavy atom. The van der Waals surface area contributed by atoms with Gasteiger partial charge in [-0.3, -0.25) is 4.79 Å². The average Bonchev–Trinajstić information content (AvgIpc) is 2.60. The van der Waals surface area contributed by atoms with Gasteiger partial charge in [-0.15, -0.1) is 0 Å². The summed E-state index contributed by atoms with van der Waals surface area (Å²) in [5, 5.41) is 12.5. The van der Waals surface area contributed by atoms with Gasteiger partial charge in [-0.2, -0.15) is 0 Å². The number of hydrogen-bond donors (Lipinski definition) is 2. The minimum atomic E-state index is -0.419. The van der Waals surface area contributed by atoms with Gasteiger partial charge >= 0.3 is 0 Å². The third-order valence-electron chi connectivity index (χ3n) is 3.39. The van der Waals surface area contributed by atoms with Gasteiger partial charge in [0, 0.05) is 11.8 Å². The van der Waals surface area contributed by atoms with Crippen LogP contribution in [0.1, 0.15) is 10.4 Å². The molecule has 0 spiro atoms. The quantitative estimate of drug-likeness (QED) is 0.845. The molecule has 0 aliphatic carbocycles. The van der Waals surface area contributed by atoms with Gasteiger partial charge in [0.05, 0.1) is 34.0 Å². The lowest BCUT2D eigenvalue weighted by Crippen LogP contribution is -2.14. The normalized spacial score (nSPS) is 10.0. The second-order valence-electron chi connectivity index (χ2n) is 4.72. The zero-order chi connectivity index (χ0) is 17.7. The molecule has 24 heavy (non-hydrogen) atoms. The van der Waals surface area contributed by atoms with E-state index in [1.807, 2.05) is 0 Å². The fraction of sp³-hybridized carbons (Fsp3) is 0.235. The number of aromatic hydroxyl groups is 1. The summed E-state index contributed by atoms with van der Waals surface area (Å²) in [5.74, 6) is 0.856. The molecular weight excluding hydrogens is 314 g/mol. The van der Waals surface area contributed by atoms with E-state index >= 15 is 0 Å². The highest BCUT2D eigenvalue weighted by atomic mass is 16.5. The Kier molecular flexibility index (Phi) is 5.36. The Labute approximate surface area is 139 Å². The molecule has 0 aromatic heterocycles. The maximum atomic E-state index is 12.5. The first-order chi connectivity index (χ1) is 11.5. The molecule has 0 heterocycles. The highest BCUT2D eigenvalue weighted by Crippen LogP contribution is 2.40. The van der Waals surface area contributed by atoms with Crippen LogP contribution in [0, 0.1) is 0 Å². The van der Waals surface area contributed by atoms with Crippen molar-refractivity contribution >= 4 is 11.6 Å². The second kappa shape index (κ2) is 7.45. The first-order valence-electron chi connectivity index (χ1n) is 7.03. The van der Waals surface area contributed by atoms with Gasteiger partial charge in [0.25, 0.3) is 5.91 Å². The van der Waals surface area contributed by atoms with Gasteiger partial charge in [0.2, 0.25) is 5.75 Å². The van der Waals surface area contributed by atoms with Crippen LogP contribution in [0.4, 0.5) is 5.69 Å². The summed E-state index contributed by atoms with van der Waals surface area (Å²) in [6, 6.07) is 7.74. The Balaban J connectivity index is 2.34. The van der Waals surface area contributed by atoms with E-state index in [9.17, 15) is 9.90 Å². The zero-order valence-electron chi connectivity index (χ0n) is 13.9. The minimum Gasteiger partial charge on any atom is -0.504 e. The fourth-order valence-corrected chi connectivity index (χ4v) is 2.25. The molecule has 0 radical (unpaired) electrons. The fourth-order valence-electron chi connectivity index (χ4n) is 2.25. The second-order valence-corrected chi connectivity index (χ2v) is 4.72. The van der Waals surface area contributed by atoms with E-state index in [4.69, 9.17) is 18.9 Å². The molecule has 1 amide bonds. The number of nitrogens with one attached hydrogen (secondary N) is 1. The molecule has 2 aromatic carbocycles. The number of carbonyl (C=O) groups excluding carboxylic acids is 1. The lowest BCUT2D eigenvalue weighted by Gasteiger charge is -2.15.